The van der Waals surface area contributed by atoms with E-state index < -0.39 is 0 Å². The number of nitrogens with zero attached hydrogens (tertiary/aromatic N) is 3. The van der Waals surface area contributed by atoms with Crippen LogP contribution in [0.25, 0.3) is 0 Å². The molecule has 0 bridgehead atoms. The molecule has 1 atom stereocenters. The van der Waals surface area contributed by atoms with E-state index in [1.54, 1.807) is 0 Å². The quantitative estimate of drug-likeness (QED) is 0.766. The molecule has 2 amide bonds. The van der Waals surface area contributed by atoms with E-state index in [0.29, 0.717) is 0 Å². The van der Waals surface area contributed by atoms with Crippen LogP contribution in [-0.2, 0) is 16.1 Å². The number of benzene rings is 1. The highest BCUT2D eigenvalue weighted by molar-refractivity contribution is 6.02. The average Bonchev–Trinajstić information content (AvgIpc) is 3.19. The maximum atomic E-state index is 13.4. The summed E-state index contributed by atoms with van der Waals surface area (Å²) >= 11 is 0. The summed E-state index contributed by atoms with van der Waals surface area (Å²) < 4.78 is 0. The minimum atomic E-state index is -0.386. The van der Waals surface area contributed by atoms with Crippen molar-refractivity contribution in [3.8, 4) is 0 Å². The third kappa shape index (κ3) is 3.16. The van der Waals surface area contributed by atoms with Gasteiger partial charge in [-0.2, -0.15) is 0 Å². The Kier molecular flexibility index (Phi) is 4.97. The molecular formula is C22H31N3O2. The number of carbonyl (C=O) groups is 2. The Balaban J connectivity index is 1.40. The van der Waals surface area contributed by atoms with Gasteiger partial charge in [-0.05, 0) is 32.3 Å². The van der Waals surface area contributed by atoms with E-state index in [1.165, 1.54) is 5.56 Å². The molecule has 2 saturated heterocycles. The Morgan fingerprint density at radius 1 is 1.07 bits per heavy atom. The van der Waals surface area contributed by atoms with Gasteiger partial charge in [0.25, 0.3) is 0 Å². The average molecular weight is 370 g/mol. The number of rotatable bonds is 4. The molecule has 1 unspecified atom stereocenters. The van der Waals surface area contributed by atoms with Crippen LogP contribution in [0.1, 0.15) is 45.1 Å². The fourth-order valence-electron chi connectivity index (χ4n) is 5.21. The number of hydrogen-bond acceptors (Lipinski definition) is 3. The van der Waals surface area contributed by atoms with E-state index in [4.69, 9.17) is 0 Å². The molecule has 1 saturated carbocycles. The topological polar surface area (TPSA) is 43.9 Å². The monoisotopic (exact) mass is 369 g/mol. The van der Waals surface area contributed by atoms with Gasteiger partial charge < -0.3 is 9.80 Å². The summed E-state index contributed by atoms with van der Waals surface area (Å²) in [5.74, 6) is 0.403. The highest BCUT2D eigenvalue weighted by Crippen LogP contribution is 2.52. The van der Waals surface area contributed by atoms with Gasteiger partial charge in [-0.1, -0.05) is 43.2 Å². The minimum absolute atomic E-state index is 0.0945. The molecule has 0 radical (unpaired) electrons. The maximum Gasteiger partial charge on any atom is 0.246 e. The fourth-order valence-corrected chi connectivity index (χ4v) is 5.21. The van der Waals surface area contributed by atoms with Gasteiger partial charge in [-0.25, -0.2) is 0 Å². The highest BCUT2D eigenvalue weighted by Gasteiger charge is 2.65. The first-order valence-corrected chi connectivity index (χ1v) is 10.4. The van der Waals surface area contributed by atoms with Gasteiger partial charge in [-0.3, -0.25) is 14.5 Å². The largest absolute Gasteiger partial charge is 0.338 e. The van der Waals surface area contributed by atoms with E-state index in [9.17, 15) is 9.59 Å². The molecule has 1 aliphatic carbocycles. The number of β-lactam (4-membered cyclic amide) rings is 1. The second-order valence-corrected chi connectivity index (χ2v) is 8.66. The summed E-state index contributed by atoms with van der Waals surface area (Å²) in [5, 5.41) is 0. The third-order valence-corrected chi connectivity index (χ3v) is 6.68. The zero-order valence-corrected chi connectivity index (χ0v) is 16.6. The summed E-state index contributed by atoms with van der Waals surface area (Å²) in [4.78, 5) is 32.5. The number of amides is 2. The molecule has 2 heterocycles. The number of piperazine rings is 1. The molecule has 1 aromatic rings. The van der Waals surface area contributed by atoms with Crippen molar-refractivity contribution in [3.63, 3.8) is 0 Å². The molecule has 0 aromatic heterocycles. The van der Waals surface area contributed by atoms with Gasteiger partial charge in [0.15, 0.2) is 0 Å². The van der Waals surface area contributed by atoms with Crippen LogP contribution in [-0.4, -0.2) is 64.8 Å². The summed E-state index contributed by atoms with van der Waals surface area (Å²) in [6, 6.07) is 10.4. The molecule has 0 N–H and O–H groups in total. The van der Waals surface area contributed by atoms with Crippen LogP contribution in [0.15, 0.2) is 30.3 Å². The van der Waals surface area contributed by atoms with Gasteiger partial charge in [0.05, 0.1) is 5.41 Å². The molecule has 3 fully saturated rings. The van der Waals surface area contributed by atoms with Crippen molar-refractivity contribution in [2.24, 2.45) is 5.41 Å². The summed E-state index contributed by atoms with van der Waals surface area (Å²) in [6.07, 6.45) is 3.93. The van der Waals surface area contributed by atoms with Gasteiger partial charge in [-0.15, -0.1) is 0 Å². The Bertz CT molecular complexity index is 689. The van der Waals surface area contributed by atoms with Gasteiger partial charge in [0.1, 0.15) is 6.04 Å². The van der Waals surface area contributed by atoms with Crippen LogP contribution < -0.4 is 0 Å². The third-order valence-electron chi connectivity index (χ3n) is 6.68. The molecule has 5 nitrogen and oxygen atoms in total. The van der Waals surface area contributed by atoms with Crippen LogP contribution in [0.4, 0.5) is 0 Å². The molecule has 146 valence electrons. The first-order chi connectivity index (χ1) is 13.0. The second-order valence-electron chi connectivity index (χ2n) is 8.66. The SMILES string of the molecule is CC(C)N1C(=O)C2(CCCC2)C1C(=O)N1CCN(Cc2ccccc2)CC1. The molecule has 5 heteroatoms. The number of likely N-dealkylation sites (tertiary alicyclic amines) is 1. The van der Waals surface area contributed by atoms with Crippen molar-refractivity contribution >= 4 is 11.8 Å². The predicted molar refractivity (Wildman–Crippen MR) is 105 cm³/mol. The smallest absolute Gasteiger partial charge is 0.246 e. The standard InChI is InChI=1S/C22H31N3O2/c1-17(2)25-19(22(21(25)27)10-6-7-11-22)20(26)24-14-12-23(13-15-24)16-18-8-4-3-5-9-18/h3-5,8-9,17,19H,6-7,10-16H2,1-2H3. The minimum Gasteiger partial charge on any atom is -0.338 e. The number of carbonyl (C=O) groups excluding carboxylic acids is 2. The van der Waals surface area contributed by atoms with E-state index in [1.807, 2.05) is 29.7 Å². The second kappa shape index (κ2) is 7.27. The lowest BCUT2D eigenvalue weighted by atomic mass is 9.67. The normalized spacial score (nSPS) is 25.3. The van der Waals surface area contributed by atoms with Crippen molar-refractivity contribution < 1.29 is 9.59 Å². The molecule has 4 rings (SSSR count). The van der Waals surface area contributed by atoms with Crippen LogP contribution in [0, 0.1) is 5.41 Å². The molecular weight excluding hydrogens is 338 g/mol. The van der Waals surface area contributed by atoms with E-state index in [0.717, 1.165) is 58.4 Å². The zero-order chi connectivity index (χ0) is 19.0. The Morgan fingerprint density at radius 2 is 1.70 bits per heavy atom. The molecule has 1 aromatic carbocycles. The Hall–Kier alpha value is -1.88. The summed E-state index contributed by atoms with van der Waals surface area (Å²) in [5.41, 5.74) is 0.931. The summed E-state index contributed by atoms with van der Waals surface area (Å²) in [6.45, 7) is 8.31. The van der Waals surface area contributed by atoms with Gasteiger partial charge in [0.2, 0.25) is 11.8 Å². The van der Waals surface area contributed by atoms with Crippen LogP contribution >= 0.6 is 0 Å². The van der Waals surface area contributed by atoms with E-state index in [2.05, 4.69) is 29.2 Å². The highest BCUT2D eigenvalue weighted by atomic mass is 16.2. The first kappa shape index (κ1) is 18.5. The summed E-state index contributed by atoms with van der Waals surface area (Å²) in [7, 11) is 0. The van der Waals surface area contributed by atoms with E-state index >= 15 is 0 Å². The molecule has 3 aliphatic rings. The van der Waals surface area contributed by atoms with Crippen molar-refractivity contribution in [3.05, 3.63) is 35.9 Å². The lowest BCUT2D eigenvalue weighted by Crippen LogP contribution is -2.74. The maximum absolute atomic E-state index is 13.4. The van der Waals surface area contributed by atoms with Crippen LogP contribution in [0.3, 0.4) is 0 Å². The zero-order valence-electron chi connectivity index (χ0n) is 16.6. The molecule has 1 spiro atoms. The van der Waals surface area contributed by atoms with Crippen molar-refractivity contribution in [2.75, 3.05) is 26.2 Å². The Labute approximate surface area is 162 Å². The lowest BCUT2D eigenvalue weighted by molar-refractivity contribution is -0.185. The van der Waals surface area contributed by atoms with Gasteiger partial charge in [0, 0.05) is 38.8 Å². The van der Waals surface area contributed by atoms with Gasteiger partial charge >= 0.3 is 0 Å². The Morgan fingerprint density at radius 3 is 2.30 bits per heavy atom. The van der Waals surface area contributed by atoms with Crippen molar-refractivity contribution in [2.45, 2.75) is 58.2 Å². The van der Waals surface area contributed by atoms with Crippen LogP contribution in [0.2, 0.25) is 0 Å². The fraction of sp³-hybridized carbons (Fsp3) is 0.636. The molecule has 27 heavy (non-hydrogen) atoms. The van der Waals surface area contributed by atoms with Crippen molar-refractivity contribution in [1.82, 2.24) is 14.7 Å². The lowest BCUT2D eigenvalue weighted by Gasteiger charge is -2.56. The molecule has 2 aliphatic heterocycles. The van der Waals surface area contributed by atoms with Crippen molar-refractivity contribution in [1.29, 1.82) is 0 Å². The number of hydrogen-bond donors (Lipinski definition) is 0. The first-order valence-electron chi connectivity index (χ1n) is 10.4. The predicted octanol–water partition coefficient (Wildman–Crippen LogP) is 2.51. The van der Waals surface area contributed by atoms with E-state index in [-0.39, 0.29) is 29.3 Å². The van der Waals surface area contributed by atoms with Crippen LogP contribution in [0.5, 0.6) is 0 Å².